The first-order chi connectivity index (χ1) is 19.6. The molecule has 7 nitrogen and oxygen atoms in total. The third-order valence-electron chi connectivity index (χ3n) is 6.91. The molecule has 2 N–H and O–H groups in total. The zero-order valence-corrected chi connectivity index (χ0v) is 33.2. The summed E-state index contributed by atoms with van der Waals surface area (Å²) < 4.78 is 15.4. The van der Waals surface area contributed by atoms with Crippen molar-refractivity contribution in [1.29, 1.82) is 0 Å². The Balaban J connectivity index is 0. The first kappa shape index (κ1) is 44.9. The van der Waals surface area contributed by atoms with Crippen molar-refractivity contribution >= 4 is 42.8 Å². The van der Waals surface area contributed by atoms with Crippen molar-refractivity contribution in [2.24, 2.45) is 11.8 Å². The number of halogens is 2. The van der Waals surface area contributed by atoms with E-state index in [4.69, 9.17) is 21.3 Å². The largest absolute Gasteiger partial charge is 1.00 e. The number of alkyl halides is 1. The van der Waals surface area contributed by atoms with Crippen LogP contribution in [0.3, 0.4) is 0 Å². The molecule has 11 heteroatoms. The molecule has 1 aliphatic heterocycles. The quantitative estimate of drug-likeness (QED) is 0.241. The van der Waals surface area contributed by atoms with Crippen LogP contribution in [0.25, 0.3) is 0 Å². The molecule has 0 saturated carbocycles. The van der Waals surface area contributed by atoms with Gasteiger partial charge >= 0.3 is 51.4 Å². The average Bonchev–Trinajstić information content (AvgIpc) is 2.92. The summed E-state index contributed by atoms with van der Waals surface area (Å²) in [6.07, 6.45) is 7.22. The van der Waals surface area contributed by atoms with Gasteiger partial charge in [0.15, 0.2) is 0 Å². The topological polar surface area (TPSA) is 81.6 Å². The molecule has 0 amide bonds. The summed E-state index contributed by atoms with van der Waals surface area (Å²) in [7, 11) is 2.52. The number of rotatable bonds is 8. The number of anilines is 3. The molecule has 3 rings (SSSR count). The standard InChI is InChI=1S/C22H30ClFN5.C4H11OP.C4H10.C2H3O.K/c1-15-6-8-18(9-7-15)26-20-19(23)12-25-21(27-20)29-13-16(2)22(3,24)17(14-29)10-11-28(4)5;1-4-6(2,3)5;1-3-4-2;1-2-3;/h6,8-9,12,16-17H,10-11,13-14H2,1-5H3,(H,25,26,27);5H,1,4H2,2-3H3;3-4H2,1-2H3;1H3;/q-1;;;-1;+1. The molecule has 0 bridgehead atoms. The van der Waals surface area contributed by atoms with E-state index in [2.05, 4.69) is 51.9 Å². The molecule has 1 saturated heterocycles. The molecule has 2 aromatic rings. The summed E-state index contributed by atoms with van der Waals surface area (Å²) in [5.74, 6) is 0.909. The van der Waals surface area contributed by atoms with Crippen molar-refractivity contribution in [3.05, 3.63) is 48.0 Å². The van der Waals surface area contributed by atoms with Crippen molar-refractivity contribution in [3.8, 4) is 0 Å². The maximum absolute atomic E-state index is 15.4. The Morgan fingerprint density at radius 3 is 2.30 bits per heavy atom. The van der Waals surface area contributed by atoms with Crippen LogP contribution in [0.5, 0.6) is 0 Å². The van der Waals surface area contributed by atoms with Crippen molar-refractivity contribution < 1.29 is 65.5 Å². The van der Waals surface area contributed by atoms with Gasteiger partial charge in [-0.05, 0) is 40.1 Å². The minimum absolute atomic E-state index is 0. The molecule has 3 unspecified atom stereocenters. The van der Waals surface area contributed by atoms with Crippen LogP contribution < -0.4 is 61.6 Å². The second kappa shape index (κ2) is 23.2. The summed E-state index contributed by atoms with van der Waals surface area (Å²) in [5.41, 5.74) is 0.706. The number of unbranched alkanes of at least 4 members (excludes halogenated alkanes) is 1. The Hall–Kier alpha value is -0.224. The third kappa shape index (κ3) is 18.5. The number of aromatic nitrogens is 2. The van der Waals surface area contributed by atoms with E-state index >= 15 is 4.39 Å². The van der Waals surface area contributed by atoms with Gasteiger partial charge in [-0.3, -0.25) is 11.2 Å². The van der Waals surface area contributed by atoms with E-state index in [9.17, 15) is 0 Å². The molecule has 3 atom stereocenters. The van der Waals surface area contributed by atoms with Gasteiger partial charge in [-0.1, -0.05) is 57.8 Å². The zero-order valence-electron chi connectivity index (χ0n) is 28.5. The molecular weight excluding hydrogens is 611 g/mol. The number of hydrogen-bond donors (Lipinski definition) is 2. The van der Waals surface area contributed by atoms with Crippen LogP contribution in [0.1, 0.15) is 59.4 Å². The first-order valence-electron chi connectivity index (χ1n) is 14.6. The van der Waals surface area contributed by atoms with Gasteiger partial charge in [0, 0.05) is 24.9 Å². The van der Waals surface area contributed by atoms with Gasteiger partial charge in [0.1, 0.15) is 24.0 Å². The molecule has 1 aromatic carbocycles. The minimum atomic E-state index is -1.51. The van der Waals surface area contributed by atoms with Gasteiger partial charge < -0.3 is 26.8 Å². The molecule has 240 valence electrons. The molecular formula is C32H54ClFKN5O2P-. The van der Waals surface area contributed by atoms with E-state index in [0.717, 1.165) is 24.2 Å². The number of aryl methyl sites for hydroxylation is 1. The molecule has 1 aliphatic rings. The van der Waals surface area contributed by atoms with Crippen molar-refractivity contribution in [1.82, 2.24) is 14.9 Å². The van der Waals surface area contributed by atoms with Gasteiger partial charge in [0.25, 0.3) is 0 Å². The van der Waals surface area contributed by atoms with Crippen LogP contribution >= 0.6 is 19.1 Å². The monoisotopic (exact) mass is 664 g/mol. The molecule has 0 aliphatic carbocycles. The van der Waals surface area contributed by atoms with Crippen LogP contribution in [0.2, 0.25) is 5.02 Å². The third-order valence-corrected chi connectivity index (χ3v) is 8.29. The summed E-state index contributed by atoms with van der Waals surface area (Å²) in [6.45, 7) is 20.6. The normalized spacial score (nSPS) is 19.4. The number of hydrogen-bond acceptors (Lipinski definition) is 7. The van der Waals surface area contributed by atoms with E-state index in [1.807, 2.05) is 59.5 Å². The van der Waals surface area contributed by atoms with Gasteiger partial charge in [-0.15, -0.1) is 6.07 Å². The van der Waals surface area contributed by atoms with Crippen LogP contribution in [0, 0.1) is 31.7 Å². The zero-order chi connectivity index (χ0) is 32.5. The Morgan fingerprint density at radius 2 is 1.86 bits per heavy atom. The van der Waals surface area contributed by atoms with E-state index in [1.54, 1.807) is 13.1 Å². The molecule has 43 heavy (non-hydrogen) atoms. The SMILES string of the molecule is CCCC.C[C-]=O.Cc1[c-]cc(Nc2nc(N3CC(C)C(C)(F)C(CCN(C)C)C3)ncc2Cl)cc1.[CH2-]C[P+](C)(C)O.[K+]. The van der Waals surface area contributed by atoms with E-state index < -0.39 is 13.2 Å². The van der Waals surface area contributed by atoms with E-state index in [0.29, 0.717) is 36.0 Å². The Labute approximate surface area is 310 Å². The van der Waals surface area contributed by atoms with E-state index in [-0.39, 0.29) is 63.2 Å². The predicted octanol–water partition coefficient (Wildman–Crippen LogP) is 4.67. The summed E-state index contributed by atoms with van der Waals surface area (Å²) in [6, 6.07) is 8.95. The van der Waals surface area contributed by atoms with Crippen molar-refractivity contribution in [2.45, 2.75) is 66.5 Å². The maximum atomic E-state index is 15.4. The van der Waals surface area contributed by atoms with Gasteiger partial charge in [-0.25, -0.2) is 9.37 Å². The number of nitrogens with one attached hydrogen (secondary N) is 1. The summed E-state index contributed by atoms with van der Waals surface area (Å²) in [4.78, 5) is 30.8. The number of carbonyl (C=O) groups excluding carboxylic acids is 1. The second-order valence-corrected chi connectivity index (χ2v) is 15.6. The smallest absolute Gasteiger partial charge is 0.542 e. The fourth-order valence-electron chi connectivity index (χ4n) is 3.70. The number of benzene rings is 1. The average molecular weight is 665 g/mol. The maximum Gasteiger partial charge on any atom is 1.00 e. The van der Waals surface area contributed by atoms with Crippen LogP contribution in [0.4, 0.5) is 21.8 Å². The van der Waals surface area contributed by atoms with Crippen LogP contribution in [-0.4, -0.2) is 84.9 Å². The number of piperidine rings is 1. The molecule has 1 aromatic heterocycles. The molecule has 1 fully saturated rings. The fourth-order valence-corrected chi connectivity index (χ4v) is 3.83. The first-order valence-corrected chi connectivity index (χ1v) is 17.8. The summed E-state index contributed by atoms with van der Waals surface area (Å²) in [5, 5.41) is 3.68. The van der Waals surface area contributed by atoms with Crippen LogP contribution in [0.15, 0.2) is 24.4 Å². The molecule has 2 heterocycles. The van der Waals surface area contributed by atoms with Gasteiger partial charge in [0.2, 0.25) is 5.95 Å². The van der Waals surface area contributed by atoms with Gasteiger partial charge in [0.05, 0.1) is 19.5 Å². The fraction of sp³-hybridized carbons (Fsp3) is 0.625. The Morgan fingerprint density at radius 1 is 1.30 bits per heavy atom. The van der Waals surface area contributed by atoms with Crippen LogP contribution in [-0.2, 0) is 4.79 Å². The van der Waals surface area contributed by atoms with Crippen molar-refractivity contribution in [3.63, 3.8) is 0 Å². The Kier molecular flexibility index (Phi) is 24.2. The molecule has 0 radical (unpaired) electrons. The van der Waals surface area contributed by atoms with Gasteiger partial charge in [-0.2, -0.15) is 35.7 Å². The summed E-state index contributed by atoms with van der Waals surface area (Å²) >= 11 is 6.32. The number of nitrogens with zero attached hydrogens (tertiary/aromatic N) is 4. The minimum Gasteiger partial charge on any atom is -0.542 e. The van der Waals surface area contributed by atoms with Crippen molar-refractivity contribution in [2.75, 3.05) is 63.4 Å². The Bertz CT molecular complexity index is 1020. The van der Waals surface area contributed by atoms with E-state index in [1.165, 1.54) is 26.1 Å². The second-order valence-electron chi connectivity index (χ2n) is 11.5. The molecule has 0 spiro atoms. The predicted molar refractivity (Wildman–Crippen MR) is 181 cm³/mol.